The molecule has 1 saturated carbocycles. The molecule has 1 fully saturated rings. The Bertz CT molecular complexity index is 158. The molecule has 0 bridgehead atoms. The van der Waals surface area contributed by atoms with Crippen LogP contribution in [0.1, 0.15) is 32.6 Å². The van der Waals surface area contributed by atoms with Gasteiger partial charge in [0.15, 0.2) is 0 Å². The van der Waals surface area contributed by atoms with E-state index >= 15 is 0 Å². The molecule has 0 saturated heterocycles. The highest BCUT2D eigenvalue weighted by molar-refractivity contribution is 4.81. The minimum absolute atomic E-state index is 0.139. The van der Waals surface area contributed by atoms with Gasteiger partial charge in [-0.3, -0.25) is 0 Å². The van der Waals surface area contributed by atoms with Crippen molar-refractivity contribution < 1.29 is 13.9 Å². The molecule has 0 heterocycles. The lowest BCUT2D eigenvalue weighted by molar-refractivity contribution is 0.00809. The van der Waals surface area contributed by atoms with Gasteiger partial charge in [0.25, 0.3) is 5.92 Å². The summed E-state index contributed by atoms with van der Waals surface area (Å²) in [6.45, 7) is 0.546. The van der Waals surface area contributed by atoms with Crippen molar-refractivity contribution in [2.45, 2.75) is 50.7 Å². The Morgan fingerprint density at radius 2 is 2.00 bits per heavy atom. The molecule has 1 aliphatic carbocycles. The summed E-state index contributed by atoms with van der Waals surface area (Å²) in [5, 5.41) is 12.2. The Morgan fingerprint density at radius 3 is 2.54 bits per heavy atom. The normalized spacial score (nSPS) is 30.5. The highest BCUT2D eigenvalue weighted by Crippen LogP contribution is 2.19. The Hall–Kier alpha value is -0.220. The van der Waals surface area contributed by atoms with Crippen molar-refractivity contribution in [3.63, 3.8) is 0 Å². The van der Waals surface area contributed by atoms with Gasteiger partial charge in [-0.15, -0.1) is 0 Å². The first-order chi connectivity index (χ1) is 5.99. The molecule has 0 aromatic carbocycles. The molecule has 2 N–H and O–H groups in total. The monoisotopic (exact) mass is 193 g/mol. The van der Waals surface area contributed by atoms with Crippen molar-refractivity contribution in [3.8, 4) is 0 Å². The Morgan fingerprint density at radius 1 is 1.38 bits per heavy atom. The van der Waals surface area contributed by atoms with Crippen LogP contribution in [0.4, 0.5) is 8.78 Å². The predicted octanol–water partition coefficient (Wildman–Crippen LogP) is 1.53. The summed E-state index contributed by atoms with van der Waals surface area (Å²) in [6.07, 6.45) is 3.10. The summed E-state index contributed by atoms with van der Waals surface area (Å²) in [6, 6.07) is -0.139. The second-order valence-corrected chi connectivity index (χ2v) is 3.91. The van der Waals surface area contributed by atoms with Gasteiger partial charge < -0.3 is 10.4 Å². The van der Waals surface area contributed by atoms with E-state index in [1.165, 1.54) is 0 Å². The lowest BCUT2D eigenvalue weighted by Gasteiger charge is -2.29. The summed E-state index contributed by atoms with van der Waals surface area (Å²) in [4.78, 5) is 0. The van der Waals surface area contributed by atoms with E-state index in [2.05, 4.69) is 5.32 Å². The molecule has 78 valence electrons. The van der Waals surface area contributed by atoms with Gasteiger partial charge in [-0.05, 0) is 12.8 Å². The molecule has 2 atom stereocenters. The van der Waals surface area contributed by atoms with Crippen molar-refractivity contribution >= 4 is 0 Å². The van der Waals surface area contributed by atoms with Crippen LogP contribution in [0.25, 0.3) is 0 Å². The lowest BCUT2D eigenvalue weighted by atomic mass is 9.92. The molecule has 0 unspecified atom stereocenters. The fraction of sp³-hybridized carbons (Fsp3) is 1.00. The summed E-state index contributed by atoms with van der Waals surface area (Å²) < 4.78 is 24.9. The quantitative estimate of drug-likeness (QED) is 0.712. The summed E-state index contributed by atoms with van der Waals surface area (Å²) in [5.74, 6) is -2.68. The average molecular weight is 193 g/mol. The van der Waals surface area contributed by atoms with Crippen LogP contribution < -0.4 is 5.32 Å². The van der Waals surface area contributed by atoms with Crippen molar-refractivity contribution in [3.05, 3.63) is 0 Å². The van der Waals surface area contributed by atoms with Gasteiger partial charge in [-0.1, -0.05) is 12.8 Å². The number of hydrogen-bond acceptors (Lipinski definition) is 2. The largest absolute Gasteiger partial charge is 0.392 e. The molecule has 2 nitrogen and oxygen atoms in total. The molecule has 0 radical (unpaired) electrons. The number of halogens is 2. The highest BCUT2D eigenvalue weighted by Gasteiger charge is 2.27. The maximum absolute atomic E-state index is 12.5. The van der Waals surface area contributed by atoms with Crippen molar-refractivity contribution in [2.75, 3.05) is 6.54 Å². The standard InChI is InChI=1S/C9H17F2NO/c1-9(10,11)6-12-7-4-2-3-5-8(7)13/h7-8,12-13H,2-6H2,1H3/t7-,8-/m0/s1. The smallest absolute Gasteiger partial charge is 0.257 e. The van der Waals surface area contributed by atoms with Gasteiger partial charge in [0.2, 0.25) is 0 Å². The zero-order valence-corrected chi connectivity index (χ0v) is 7.89. The number of aliphatic hydroxyl groups is 1. The van der Waals surface area contributed by atoms with Crippen LogP contribution in [-0.2, 0) is 0 Å². The maximum atomic E-state index is 12.5. The summed E-state index contributed by atoms with van der Waals surface area (Å²) in [7, 11) is 0. The molecule has 0 aromatic rings. The van der Waals surface area contributed by atoms with Gasteiger partial charge in [0, 0.05) is 13.0 Å². The fourth-order valence-corrected chi connectivity index (χ4v) is 1.66. The Balaban J connectivity index is 2.27. The minimum atomic E-state index is -2.68. The van der Waals surface area contributed by atoms with Crippen LogP contribution in [0.2, 0.25) is 0 Å². The van der Waals surface area contributed by atoms with Gasteiger partial charge >= 0.3 is 0 Å². The first-order valence-electron chi connectivity index (χ1n) is 4.78. The second-order valence-electron chi connectivity index (χ2n) is 3.91. The van der Waals surface area contributed by atoms with Crippen molar-refractivity contribution in [1.29, 1.82) is 0 Å². The zero-order chi connectivity index (χ0) is 9.90. The van der Waals surface area contributed by atoms with E-state index in [0.717, 1.165) is 32.6 Å². The van der Waals surface area contributed by atoms with E-state index < -0.39 is 12.0 Å². The molecule has 4 heteroatoms. The van der Waals surface area contributed by atoms with Crippen LogP contribution in [0.15, 0.2) is 0 Å². The van der Waals surface area contributed by atoms with Crippen LogP contribution in [-0.4, -0.2) is 29.7 Å². The molecule has 0 amide bonds. The third kappa shape index (κ3) is 4.00. The first-order valence-corrected chi connectivity index (χ1v) is 4.78. The first kappa shape index (κ1) is 10.9. The third-order valence-electron chi connectivity index (χ3n) is 2.40. The average Bonchev–Trinajstić information content (AvgIpc) is 2.01. The van der Waals surface area contributed by atoms with E-state index in [1.807, 2.05) is 0 Å². The molecule has 0 aromatic heterocycles. The molecule has 13 heavy (non-hydrogen) atoms. The number of nitrogens with one attached hydrogen (secondary N) is 1. The molecular formula is C9H17F2NO. The van der Waals surface area contributed by atoms with E-state index in [9.17, 15) is 13.9 Å². The SMILES string of the molecule is CC(F)(F)CN[C@H]1CCCC[C@@H]1O. The van der Waals surface area contributed by atoms with E-state index in [1.54, 1.807) is 0 Å². The summed E-state index contributed by atoms with van der Waals surface area (Å²) in [5.41, 5.74) is 0. The third-order valence-corrected chi connectivity index (χ3v) is 2.40. The number of aliphatic hydroxyl groups excluding tert-OH is 1. The molecule has 1 aliphatic rings. The topological polar surface area (TPSA) is 32.3 Å². The Labute approximate surface area is 77.3 Å². The Kier molecular flexibility index (Phi) is 3.62. The molecule has 0 spiro atoms. The maximum Gasteiger partial charge on any atom is 0.257 e. The van der Waals surface area contributed by atoms with Gasteiger partial charge in [0.05, 0.1) is 12.6 Å². The fourth-order valence-electron chi connectivity index (χ4n) is 1.66. The zero-order valence-electron chi connectivity index (χ0n) is 7.89. The van der Waals surface area contributed by atoms with Gasteiger partial charge in [0.1, 0.15) is 0 Å². The summed E-state index contributed by atoms with van der Waals surface area (Å²) >= 11 is 0. The minimum Gasteiger partial charge on any atom is -0.392 e. The highest BCUT2D eigenvalue weighted by atomic mass is 19.3. The van der Waals surface area contributed by atoms with Gasteiger partial charge in [-0.2, -0.15) is 0 Å². The van der Waals surface area contributed by atoms with Crippen LogP contribution in [0.3, 0.4) is 0 Å². The van der Waals surface area contributed by atoms with Crippen LogP contribution in [0.5, 0.6) is 0 Å². The molecule has 0 aliphatic heterocycles. The lowest BCUT2D eigenvalue weighted by Crippen LogP contribution is -2.46. The van der Waals surface area contributed by atoms with Crippen LogP contribution in [0, 0.1) is 0 Å². The van der Waals surface area contributed by atoms with E-state index in [4.69, 9.17) is 0 Å². The van der Waals surface area contributed by atoms with Crippen LogP contribution >= 0.6 is 0 Å². The van der Waals surface area contributed by atoms with Crippen molar-refractivity contribution in [2.24, 2.45) is 0 Å². The number of alkyl halides is 2. The van der Waals surface area contributed by atoms with Gasteiger partial charge in [-0.25, -0.2) is 8.78 Å². The molecule has 1 rings (SSSR count). The van der Waals surface area contributed by atoms with Crippen molar-refractivity contribution in [1.82, 2.24) is 5.32 Å². The predicted molar refractivity (Wildman–Crippen MR) is 46.9 cm³/mol. The number of hydrogen-bond donors (Lipinski definition) is 2. The molecular weight excluding hydrogens is 176 g/mol. The number of rotatable bonds is 3. The second kappa shape index (κ2) is 4.33. The van der Waals surface area contributed by atoms with E-state index in [-0.39, 0.29) is 12.6 Å². The van der Waals surface area contributed by atoms with E-state index in [0.29, 0.717) is 0 Å².